The Morgan fingerprint density at radius 3 is 2.50 bits per heavy atom. The Balaban J connectivity index is 1.93. The maximum absolute atomic E-state index is 12.0. The number of aryl methyl sites for hydroxylation is 2. The highest BCUT2D eigenvalue weighted by Crippen LogP contribution is 2.17. The molecule has 0 aliphatic rings. The number of benzene rings is 1. The first-order valence-corrected chi connectivity index (χ1v) is 6.62. The third kappa shape index (κ3) is 4.08. The number of amides is 1. The van der Waals surface area contributed by atoms with E-state index in [1.807, 2.05) is 0 Å². The van der Waals surface area contributed by atoms with Crippen LogP contribution in [0.2, 0.25) is 0 Å². The van der Waals surface area contributed by atoms with Gasteiger partial charge in [0.25, 0.3) is 0 Å². The number of carbonyl (C=O) groups is 2. The molecule has 0 bridgehead atoms. The average Bonchev–Trinajstić information content (AvgIpc) is 2.78. The largest absolute Gasteiger partial charge is 0.482 e. The molecule has 0 aliphatic heterocycles. The predicted octanol–water partition coefficient (Wildman–Crippen LogP) is 1.94. The van der Waals surface area contributed by atoms with Crippen LogP contribution in [-0.2, 0) is 16.0 Å². The molecular formula is C15H16N2O5. The van der Waals surface area contributed by atoms with Crippen molar-refractivity contribution in [2.75, 3.05) is 11.9 Å². The highest BCUT2D eigenvalue weighted by molar-refractivity contribution is 5.92. The number of aromatic nitrogens is 1. The van der Waals surface area contributed by atoms with Gasteiger partial charge in [0.15, 0.2) is 6.61 Å². The molecule has 1 heterocycles. The number of aliphatic carboxylic acids is 1. The van der Waals surface area contributed by atoms with Crippen LogP contribution >= 0.6 is 0 Å². The first kappa shape index (κ1) is 15.6. The van der Waals surface area contributed by atoms with E-state index in [0.29, 0.717) is 22.9 Å². The molecule has 1 aromatic heterocycles. The van der Waals surface area contributed by atoms with Crippen molar-refractivity contribution in [2.24, 2.45) is 0 Å². The van der Waals surface area contributed by atoms with Crippen LogP contribution in [-0.4, -0.2) is 28.7 Å². The van der Waals surface area contributed by atoms with E-state index >= 15 is 0 Å². The lowest BCUT2D eigenvalue weighted by molar-refractivity contribution is -0.139. The Kier molecular flexibility index (Phi) is 4.77. The van der Waals surface area contributed by atoms with Crippen LogP contribution in [0.15, 0.2) is 28.8 Å². The Bertz CT molecular complexity index is 656. The van der Waals surface area contributed by atoms with Crippen LogP contribution in [0.25, 0.3) is 0 Å². The fraction of sp³-hybridized carbons (Fsp3) is 0.267. The first-order chi connectivity index (χ1) is 10.5. The van der Waals surface area contributed by atoms with Gasteiger partial charge in [0.1, 0.15) is 11.5 Å². The van der Waals surface area contributed by atoms with Crippen molar-refractivity contribution in [3.63, 3.8) is 0 Å². The van der Waals surface area contributed by atoms with E-state index in [1.165, 1.54) is 0 Å². The van der Waals surface area contributed by atoms with Crippen LogP contribution in [0.5, 0.6) is 5.75 Å². The topological polar surface area (TPSA) is 102 Å². The third-order valence-electron chi connectivity index (χ3n) is 3.02. The van der Waals surface area contributed by atoms with E-state index in [1.54, 1.807) is 38.1 Å². The van der Waals surface area contributed by atoms with Crippen LogP contribution in [0, 0.1) is 13.8 Å². The molecule has 0 fully saturated rings. The van der Waals surface area contributed by atoms with Gasteiger partial charge in [-0.15, -0.1) is 0 Å². The van der Waals surface area contributed by atoms with E-state index in [2.05, 4.69) is 10.5 Å². The molecule has 0 atom stereocenters. The second kappa shape index (κ2) is 6.75. The normalized spacial score (nSPS) is 10.3. The predicted molar refractivity (Wildman–Crippen MR) is 77.9 cm³/mol. The van der Waals surface area contributed by atoms with Crippen LogP contribution < -0.4 is 10.1 Å². The number of carboxylic acid groups (broad SMARTS) is 1. The molecule has 116 valence electrons. The van der Waals surface area contributed by atoms with Gasteiger partial charge >= 0.3 is 5.97 Å². The fourth-order valence-electron chi connectivity index (χ4n) is 1.90. The molecule has 0 radical (unpaired) electrons. The highest BCUT2D eigenvalue weighted by Gasteiger charge is 2.13. The lowest BCUT2D eigenvalue weighted by Gasteiger charge is -2.07. The van der Waals surface area contributed by atoms with Gasteiger partial charge in [-0.2, -0.15) is 0 Å². The summed E-state index contributed by atoms with van der Waals surface area (Å²) in [5.41, 5.74) is 2.07. The molecule has 7 nitrogen and oxygen atoms in total. The second-order valence-corrected chi connectivity index (χ2v) is 4.73. The molecule has 2 rings (SSSR count). The van der Waals surface area contributed by atoms with Crippen molar-refractivity contribution in [2.45, 2.75) is 20.3 Å². The summed E-state index contributed by atoms with van der Waals surface area (Å²) < 4.78 is 10.0. The standard InChI is InChI=1S/C15H16N2O5/c1-9-13(10(2)22-17-9)7-14(18)16-11-3-5-12(6-4-11)21-8-15(19)20/h3-6H,7-8H2,1-2H3,(H,16,18)(H,19,20). The maximum Gasteiger partial charge on any atom is 0.341 e. The van der Waals surface area contributed by atoms with Gasteiger partial charge in [-0.1, -0.05) is 5.16 Å². The molecule has 0 unspecified atom stereocenters. The molecule has 0 saturated carbocycles. The number of hydrogen-bond donors (Lipinski definition) is 2. The zero-order valence-corrected chi connectivity index (χ0v) is 12.3. The molecule has 2 N–H and O–H groups in total. The number of nitrogens with one attached hydrogen (secondary N) is 1. The lowest BCUT2D eigenvalue weighted by atomic mass is 10.1. The summed E-state index contributed by atoms with van der Waals surface area (Å²) in [6, 6.07) is 6.47. The zero-order valence-electron chi connectivity index (χ0n) is 12.3. The zero-order chi connectivity index (χ0) is 16.1. The first-order valence-electron chi connectivity index (χ1n) is 6.62. The summed E-state index contributed by atoms with van der Waals surface area (Å²) >= 11 is 0. The quantitative estimate of drug-likeness (QED) is 0.845. The minimum Gasteiger partial charge on any atom is -0.482 e. The molecule has 1 amide bonds. The Hall–Kier alpha value is -2.83. The fourth-order valence-corrected chi connectivity index (χ4v) is 1.90. The number of carboxylic acids is 1. The minimum atomic E-state index is -1.04. The number of carbonyl (C=O) groups excluding carboxylic acids is 1. The second-order valence-electron chi connectivity index (χ2n) is 4.73. The summed E-state index contributed by atoms with van der Waals surface area (Å²) in [5, 5.41) is 15.1. The molecule has 2 aromatic rings. The van der Waals surface area contributed by atoms with Gasteiger partial charge < -0.3 is 19.7 Å². The van der Waals surface area contributed by atoms with Gasteiger partial charge in [-0.05, 0) is 38.1 Å². The van der Waals surface area contributed by atoms with Crippen LogP contribution in [0.3, 0.4) is 0 Å². The Labute approximate surface area is 126 Å². The third-order valence-corrected chi connectivity index (χ3v) is 3.02. The number of ether oxygens (including phenoxy) is 1. The Morgan fingerprint density at radius 2 is 1.95 bits per heavy atom. The van der Waals surface area contributed by atoms with Crippen LogP contribution in [0.4, 0.5) is 5.69 Å². The van der Waals surface area contributed by atoms with E-state index in [9.17, 15) is 9.59 Å². The van der Waals surface area contributed by atoms with Crippen molar-refractivity contribution in [3.8, 4) is 5.75 Å². The molecule has 1 aromatic carbocycles. The van der Waals surface area contributed by atoms with Gasteiger partial charge in [0.05, 0.1) is 12.1 Å². The van der Waals surface area contributed by atoms with Crippen molar-refractivity contribution in [1.29, 1.82) is 0 Å². The number of nitrogens with zero attached hydrogens (tertiary/aromatic N) is 1. The smallest absolute Gasteiger partial charge is 0.341 e. The van der Waals surface area contributed by atoms with Crippen molar-refractivity contribution in [1.82, 2.24) is 5.16 Å². The maximum atomic E-state index is 12.0. The van der Waals surface area contributed by atoms with E-state index in [4.69, 9.17) is 14.4 Å². The summed E-state index contributed by atoms with van der Waals surface area (Å²) in [5.74, 6) is -0.179. The SMILES string of the molecule is Cc1noc(C)c1CC(=O)Nc1ccc(OCC(=O)O)cc1. The van der Waals surface area contributed by atoms with Gasteiger partial charge in [0, 0.05) is 11.3 Å². The molecule has 0 aliphatic carbocycles. The summed E-state index contributed by atoms with van der Waals surface area (Å²) in [4.78, 5) is 22.4. The summed E-state index contributed by atoms with van der Waals surface area (Å²) in [6.07, 6.45) is 0.179. The van der Waals surface area contributed by atoms with Gasteiger partial charge in [-0.25, -0.2) is 4.79 Å². The minimum absolute atomic E-state index is 0.179. The monoisotopic (exact) mass is 304 g/mol. The van der Waals surface area contributed by atoms with Gasteiger partial charge in [0.2, 0.25) is 5.91 Å². The summed E-state index contributed by atoms with van der Waals surface area (Å²) in [7, 11) is 0. The van der Waals surface area contributed by atoms with Crippen molar-refractivity contribution >= 4 is 17.6 Å². The molecule has 7 heteroatoms. The van der Waals surface area contributed by atoms with Crippen LogP contribution in [0.1, 0.15) is 17.0 Å². The highest BCUT2D eigenvalue weighted by atomic mass is 16.5. The number of rotatable bonds is 6. The average molecular weight is 304 g/mol. The van der Waals surface area contributed by atoms with Gasteiger partial charge in [-0.3, -0.25) is 4.79 Å². The van der Waals surface area contributed by atoms with Crippen molar-refractivity contribution in [3.05, 3.63) is 41.3 Å². The van der Waals surface area contributed by atoms with E-state index in [0.717, 1.165) is 5.56 Å². The number of anilines is 1. The molecule has 22 heavy (non-hydrogen) atoms. The number of hydrogen-bond acceptors (Lipinski definition) is 5. The molecular weight excluding hydrogens is 288 g/mol. The lowest BCUT2D eigenvalue weighted by Crippen LogP contribution is -2.15. The summed E-state index contributed by atoms with van der Waals surface area (Å²) in [6.45, 7) is 3.14. The Morgan fingerprint density at radius 1 is 1.27 bits per heavy atom. The molecule has 0 spiro atoms. The van der Waals surface area contributed by atoms with Crippen molar-refractivity contribution < 1.29 is 24.0 Å². The van der Waals surface area contributed by atoms with E-state index < -0.39 is 12.6 Å². The molecule has 0 saturated heterocycles. The van der Waals surface area contributed by atoms with E-state index in [-0.39, 0.29) is 12.3 Å².